The van der Waals surface area contributed by atoms with E-state index in [0.717, 1.165) is 0 Å². The molecule has 5 nitrogen and oxygen atoms in total. The molecular formula is C8H5ClINO4. The van der Waals surface area contributed by atoms with Crippen molar-refractivity contribution in [2.45, 2.75) is 0 Å². The molecule has 0 amide bonds. The number of methoxy groups -OCH3 is 1. The largest absolute Gasteiger partial charge is 0.496 e. The van der Waals surface area contributed by atoms with Gasteiger partial charge in [-0.2, -0.15) is 0 Å². The van der Waals surface area contributed by atoms with Gasteiger partial charge in [-0.25, -0.2) is 0 Å². The van der Waals surface area contributed by atoms with Crippen LogP contribution < -0.4 is 4.74 Å². The van der Waals surface area contributed by atoms with Crippen LogP contribution in [-0.2, 0) is 0 Å². The van der Waals surface area contributed by atoms with Crippen molar-refractivity contribution in [3.63, 3.8) is 0 Å². The zero-order chi connectivity index (χ0) is 11.6. The first kappa shape index (κ1) is 12.2. The van der Waals surface area contributed by atoms with Crippen LogP contribution in [0.2, 0.25) is 0 Å². The Morgan fingerprint density at radius 3 is 2.60 bits per heavy atom. The summed E-state index contributed by atoms with van der Waals surface area (Å²) in [5.41, 5.74) is 0.00304. The van der Waals surface area contributed by atoms with E-state index >= 15 is 0 Å². The Morgan fingerprint density at radius 1 is 1.60 bits per heavy atom. The van der Waals surface area contributed by atoms with Gasteiger partial charge in [0.1, 0.15) is 5.75 Å². The van der Waals surface area contributed by atoms with Gasteiger partial charge in [-0.3, -0.25) is 14.9 Å². The van der Waals surface area contributed by atoms with Crippen LogP contribution >= 0.6 is 34.2 Å². The molecule has 0 radical (unpaired) electrons. The number of hydrogen-bond acceptors (Lipinski definition) is 4. The van der Waals surface area contributed by atoms with E-state index in [1.165, 1.54) is 19.2 Å². The van der Waals surface area contributed by atoms with Crippen molar-refractivity contribution >= 4 is 45.1 Å². The van der Waals surface area contributed by atoms with E-state index in [1.807, 2.05) is 0 Å². The number of nitro benzene ring substituents is 1. The van der Waals surface area contributed by atoms with E-state index < -0.39 is 10.2 Å². The van der Waals surface area contributed by atoms with E-state index in [-0.39, 0.29) is 17.0 Å². The van der Waals surface area contributed by atoms with E-state index in [0.29, 0.717) is 3.57 Å². The average Bonchev–Trinajstić information content (AvgIpc) is 2.16. The molecule has 1 rings (SSSR count). The second kappa shape index (κ2) is 4.75. The standard InChI is InChI=1S/C8H5ClINO4/c1-15-7-3-6(11(13)14)5(10)2-4(7)8(9)12/h2-3H,1H3. The zero-order valence-electron chi connectivity index (χ0n) is 7.49. The van der Waals surface area contributed by atoms with Crippen LogP contribution in [0.15, 0.2) is 12.1 Å². The summed E-state index contributed by atoms with van der Waals surface area (Å²) in [6.45, 7) is 0. The van der Waals surface area contributed by atoms with Gasteiger partial charge in [0.25, 0.3) is 10.9 Å². The van der Waals surface area contributed by atoms with Crippen molar-refractivity contribution in [2.24, 2.45) is 0 Å². The first-order valence-corrected chi connectivity index (χ1v) is 5.14. The molecule has 0 heterocycles. The summed E-state index contributed by atoms with van der Waals surface area (Å²) >= 11 is 7.06. The molecular weight excluding hydrogens is 336 g/mol. The van der Waals surface area contributed by atoms with Crippen LogP contribution in [-0.4, -0.2) is 17.3 Å². The fraction of sp³-hybridized carbons (Fsp3) is 0.125. The summed E-state index contributed by atoms with van der Waals surface area (Å²) in [6, 6.07) is 2.50. The fourth-order valence-corrected chi connectivity index (χ4v) is 1.82. The third-order valence-corrected chi connectivity index (χ3v) is 2.75. The number of benzene rings is 1. The lowest BCUT2D eigenvalue weighted by molar-refractivity contribution is -0.385. The minimum Gasteiger partial charge on any atom is -0.496 e. The van der Waals surface area contributed by atoms with E-state index in [4.69, 9.17) is 16.3 Å². The summed E-state index contributed by atoms with van der Waals surface area (Å²) in [6.07, 6.45) is 0. The lowest BCUT2D eigenvalue weighted by Crippen LogP contribution is -1.99. The molecule has 7 heteroatoms. The maximum Gasteiger partial charge on any atom is 0.286 e. The van der Waals surface area contributed by atoms with Gasteiger partial charge >= 0.3 is 0 Å². The molecule has 0 fully saturated rings. The van der Waals surface area contributed by atoms with Crippen molar-refractivity contribution in [3.05, 3.63) is 31.4 Å². The monoisotopic (exact) mass is 341 g/mol. The average molecular weight is 341 g/mol. The molecule has 0 aliphatic heterocycles. The van der Waals surface area contributed by atoms with Gasteiger partial charge in [-0.1, -0.05) is 0 Å². The smallest absolute Gasteiger partial charge is 0.286 e. The maximum absolute atomic E-state index is 11.0. The Balaban J connectivity index is 3.42. The van der Waals surface area contributed by atoms with E-state index in [2.05, 4.69) is 0 Å². The third kappa shape index (κ3) is 2.57. The van der Waals surface area contributed by atoms with Gasteiger partial charge in [0.05, 0.1) is 27.2 Å². The van der Waals surface area contributed by atoms with Crippen molar-refractivity contribution in [1.82, 2.24) is 0 Å². The summed E-state index contributed by atoms with van der Waals surface area (Å²) in [7, 11) is 1.31. The number of nitrogens with zero attached hydrogens (tertiary/aromatic N) is 1. The van der Waals surface area contributed by atoms with Crippen LogP contribution in [0.4, 0.5) is 5.69 Å². The second-order valence-corrected chi connectivity index (χ2v) is 4.04. The number of ether oxygens (including phenoxy) is 1. The number of rotatable bonds is 3. The first-order valence-electron chi connectivity index (χ1n) is 3.69. The van der Waals surface area contributed by atoms with Crippen LogP contribution in [0.3, 0.4) is 0 Å². The molecule has 0 saturated heterocycles. The minimum atomic E-state index is -0.709. The lowest BCUT2D eigenvalue weighted by Gasteiger charge is -2.05. The van der Waals surface area contributed by atoms with Crippen LogP contribution in [0.5, 0.6) is 5.75 Å². The second-order valence-electron chi connectivity index (χ2n) is 2.53. The quantitative estimate of drug-likeness (QED) is 0.367. The topological polar surface area (TPSA) is 69.4 Å². The Kier molecular flexibility index (Phi) is 3.86. The highest BCUT2D eigenvalue weighted by atomic mass is 127. The normalized spacial score (nSPS) is 9.80. The predicted octanol–water partition coefficient (Wildman–Crippen LogP) is 2.59. The Morgan fingerprint density at radius 2 is 2.20 bits per heavy atom. The van der Waals surface area contributed by atoms with Gasteiger partial charge in [-0.15, -0.1) is 0 Å². The summed E-state index contributed by atoms with van der Waals surface area (Å²) in [5, 5.41) is 9.89. The predicted molar refractivity (Wildman–Crippen MR) is 62.5 cm³/mol. The molecule has 0 N–H and O–H groups in total. The number of nitro groups is 1. The molecule has 1 aromatic carbocycles. The zero-order valence-corrected chi connectivity index (χ0v) is 10.4. The van der Waals surface area contributed by atoms with Crippen molar-refractivity contribution in [2.75, 3.05) is 7.11 Å². The minimum absolute atomic E-state index is 0.0992. The summed E-state index contributed by atoms with van der Waals surface area (Å²) in [5.74, 6) is 0.0992. The van der Waals surface area contributed by atoms with Gasteiger partial charge in [0.2, 0.25) is 0 Å². The van der Waals surface area contributed by atoms with Gasteiger partial charge < -0.3 is 4.74 Å². The molecule has 15 heavy (non-hydrogen) atoms. The molecule has 0 unspecified atom stereocenters. The molecule has 80 valence electrons. The molecule has 0 atom stereocenters. The number of carbonyl (C=O) groups is 1. The van der Waals surface area contributed by atoms with Crippen molar-refractivity contribution in [1.29, 1.82) is 0 Å². The highest BCUT2D eigenvalue weighted by molar-refractivity contribution is 14.1. The molecule has 0 aliphatic carbocycles. The molecule has 0 aliphatic rings. The SMILES string of the molecule is COc1cc([N+](=O)[O-])c(I)cc1C(=O)Cl. The third-order valence-electron chi connectivity index (χ3n) is 1.68. The summed E-state index contributed by atoms with van der Waals surface area (Å²) in [4.78, 5) is 21.0. The lowest BCUT2D eigenvalue weighted by atomic mass is 10.2. The summed E-state index contributed by atoms with van der Waals surface area (Å²) < 4.78 is 5.17. The Bertz CT molecular complexity index is 435. The number of hydrogen-bond donors (Lipinski definition) is 0. The number of halogens is 2. The molecule has 0 saturated carbocycles. The van der Waals surface area contributed by atoms with E-state index in [1.54, 1.807) is 22.6 Å². The van der Waals surface area contributed by atoms with E-state index in [9.17, 15) is 14.9 Å². The maximum atomic E-state index is 11.0. The Labute approximate surface area is 104 Å². The highest BCUT2D eigenvalue weighted by Crippen LogP contribution is 2.30. The molecule has 0 bridgehead atoms. The highest BCUT2D eigenvalue weighted by Gasteiger charge is 2.19. The van der Waals surface area contributed by atoms with Crippen LogP contribution in [0, 0.1) is 13.7 Å². The van der Waals surface area contributed by atoms with Crippen molar-refractivity contribution in [3.8, 4) is 5.75 Å². The van der Waals surface area contributed by atoms with Crippen LogP contribution in [0.25, 0.3) is 0 Å². The van der Waals surface area contributed by atoms with Gasteiger partial charge in [0.15, 0.2) is 0 Å². The van der Waals surface area contributed by atoms with Gasteiger partial charge in [-0.05, 0) is 40.3 Å². The molecule has 1 aromatic rings. The Hall–Kier alpha value is -0.890. The fourth-order valence-electron chi connectivity index (χ4n) is 1.01. The first-order chi connectivity index (χ1) is 6.97. The molecule has 0 aromatic heterocycles. The van der Waals surface area contributed by atoms with Crippen LogP contribution in [0.1, 0.15) is 10.4 Å². The van der Waals surface area contributed by atoms with Crippen molar-refractivity contribution < 1.29 is 14.5 Å². The number of carbonyl (C=O) groups excluding carboxylic acids is 1. The molecule has 0 spiro atoms. The van der Waals surface area contributed by atoms with Gasteiger partial charge in [0, 0.05) is 0 Å².